The zero-order valence-corrected chi connectivity index (χ0v) is 17.4. The van der Waals surface area contributed by atoms with Gasteiger partial charge in [-0.05, 0) is 42.2 Å². The molecule has 0 saturated heterocycles. The molecule has 0 unspecified atom stereocenters. The molecule has 3 nitrogen and oxygen atoms in total. The minimum atomic E-state index is -0.361. The third kappa shape index (κ3) is 3.02. The zero-order chi connectivity index (χ0) is 18.6. The monoisotopic (exact) mass is 408 g/mol. The highest BCUT2D eigenvalue weighted by molar-refractivity contribution is 7.16. The Morgan fingerprint density at radius 2 is 1.96 bits per heavy atom. The van der Waals surface area contributed by atoms with E-state index < -0.39 is 0 Å². The summed E-state index contributed by atoms with van der Waals surface area (Å²) in [7, 11) is 0. The summed E-state index contributed by atoms with van der Waals surface area (Å²) in [6, 6.07) is 5.49. The van der Waals surface area contributed by atoms with Gasteiger partial charge in [0.05, 0.1) is 15.6 Å². The standard InChI is InChI=1S/C20H22Cl2N2OS/c1-20(2,3)10-7-8-11-14(9-10)26-19-15(11)18(25)23-17(24-19)12-5-4-6-13(21)16(12)22/h4-6,10,17,24H,7-9H2,1-3H3,(H,23,25)/t10-,17-/m1/s1. The normalized spacial score (nSPS) is 22.3. The first kappa shape index (κ1) is 18.1. The number of hydrogen-bond donors (Lipinski definition) is 2. The summed E-state index contributed by atoms with van der Waals surface area (Å²) in [5.41, 5.74) is 3.13. The van der Waals surface area contributed by atoms with Crippen molar-refractivity contribution in [1.82, 2.24) is 5.32 Å². The van der Waals surface area contributed by atoms with Crippen molar-refractivity contribution >= 4 is 45.4 Å². The van der Waals surface area contributed by atoms with Crippen LogP contribution in [0.1, 0.15) is 59.7 Å². The molecule has 0 saturated carbocycles. The van der Waals surface area contributed by atoms with Crippen molar-refractivity contribution in [2.24, 2.45) is 11.3 Å². The first-order chi connectivity index (χ1) is 12.3. The summed E-state index contributed by atoms with van der Waals surface area (Å²) in [4.78, 5) is 14.2. The number of hydrogen-bond acceptors (Lipinski definition) is 3. The van der Waals surface area contributed by atoms with Crippen LogP contribution in [0.2, 0.25) is 10.0 Å². The Morgan fingerprint density at radius 3 is 2.69 bits per heavy atom. The number of fused-ring (bicyclic) bond motifs is 3. The van der Waals surface area contributed by atoms with Crippen molar-refractivity contribution in [1.29, 1.82) is 0 Å². The van der Waals surface area contributed by atoms with Crippen molar-refractivity contribution in [3.8, 4) is 0 Å². The van der Waals surface area contributed by atoms with Crippen LogP contribution in [-0.2, 0) is 12.8 Å². The molecule has 138 valence electrons. The van der Waals surface area contributed by atoms with E-state index in [0.29, 0.717) is 16.0 Å². The molecule has 2 N–H and O–H groups in total. The highest BCUT2D eigenvalue weighted by Gasteiger charge is 2.36. The first-order valence-corrected chi connectivity index (χ1v) is 10.5. The van der Waals surface area contributed by atoms with Crippen molar-refractivity contribution in [2.75, 3.05) is 5.32 Å². The molecule has 0 bridgehead atoms. The molecule has 1 aliphatic carbocycles. The average Bonchev–Trinajstić information content (AvgIpc) is 2.94. The van der Waals surface area contributed by atoms with Gasteiger partial charge in [0.2, 0.25) is 0 Å². The van der Waals surface area contributed by atoms with Gasteiger partial charge >= 0.3 is 0 Å². The highest BCUT2D eigenvalue weighted by atomic mass is 35.5. The number of amides is 1. The van der Waals surface area contributed by atoms with Gasteiger partial charge in [-0.1, -0.05) is 56.1 Å². The third-order valence-electron chi connectivity index (χ3n) is 5.56. The summed E-state index contributed by atoms with van der Waals surface area (Å²) in [5, 5.41) is 8.43. The fraction of sp³-hybridized carbons (Fsp3) is 0.450. The SMILES string of the molecule is CC(C)(C)[C@@H]1CCc2c(sc3c2C(=O)N[C@@H](c2cccc(Cl)c2Cl)N3)C1. The molecule has 0 fully saturated rings. The second kappa shape index (κ2) is 6.43. The second-order valence-electron chi connectivity index (χ2n) is 8.21. The number of anilines is 1. The highest BCUT2D eigenvalue weighted by Crippen LogP contribution is 2.46. The Balaban J connectivity index is 1.68. The molecular formula is C20H22Cl2N2OS. The van der Waals surface area contributed by atoms with Crippen LogP contribution in [0.3, 0.4) is 0 Å². The van der Waals surface area contributed by atoms with Gasteiger partial charge in [-0.25, -0.2) is 0 Å². The molecular weight excluding hydrogens is 387 g/mol. The van der Waals surface area contributed by atoms with Crippen molar-refractivity contribution in [2.45, 2.75) is 46.2 Å². The van der Waals surface area contributed by atoms with Gasteiger partial charge in [-0.15, -0.1) is 11.3 Å². The fourth-order valence-corrected chi connectivity index (χ4v) is 5.71. The van der Waals surface area contributed by atoms with E-state index in [1.165, 1.54) is 10.4 Å². The topological polar surface area (TPSA) is 41.1 Å². The van der Waals surface area contributed by atoms with Crippen molar-refractivity contribution < 1.29 is 4.79 Å². The predicted octanol–water partition coefficient (Wildman–Crippen LogP) is 6.06. The largest absolute Gasteiger partial charge is 0.353 e. The summed E-state index contributed by atoms with van der Waals surface area (Å²) < 4.78 is 0. The Hall–Kier alpha value is -1.23. The van der Waals surface area contributed by atoms with Gasteiger partial charge in [-0.3, -0.25) is 4.79 Å². The molecule has 2 atom stereocenters. The molecule has 0 spiro atoms. The number of halogens is 2. The predicted molar refractivity (Wildman–Crippen MR) is 110 cm³/mol. The number of carbonyl (C=O) groups is 1. The van der Waals surface area contributed by atoms with Crippen LogP contribution >= 0.6 is 34.5 Å². The van der Waals surface area contributed by atoms with Crippen LogP contribution in [0.15, 0.2) is 18.2 Å². The lowest BCUT2D eigenvalue weighted by Gasteiger charge is -2.34. The fourth-order valence-electron chi connectivity index (χ4n) is 3.94. The van der Waals surface area contributed by atoms with Gasteiger partial charge in [0.1, 0.15) is 11.2 Å². The number of rotatable bonds is 1. The van der Waals surface area contributed by atoms with E-state index in [1.54, 1.807) is 17.4 Å². The average molecular weight is 409 g/mol. The lowest BCUT2D eigenvalue weighted by Crippen LogP contribution is -2.38. The van der Waals surface area contributed by atoms with E-state index in [9.17, 15) is 4.79 Å². The van der Waals surface area contributed by atoms with E-state index >= 15 is 0 Å². The Labute approximate surface area is 168 Å². The first-order valence-electron chi connectivity index (χ1n) is 8.91. The third-order valence-corrected chi connectivity index (χ3v) is 7.58. The molecule has 1 amide bonds. The quantitative estimate of drug-likeness (QED) is 0.601. The summed E-state index contributed by atoms with van der Waals surface area (Å²) >= 11 is 14.2. The van der Waals surface area contributed by atoms with E-state index in [1.807, 2.05) is 12.1 Å². The van der Waals surface area contributed by atoms with Crippen LogP contribution in [-0.4, -0.2) is 5.91 Å². The lowest BCUT2D eigenvalue weighted by molar-refractivity contribution is 0.0935. The maximum absolute atomic E-state index is 12.9. The molecule has 0 radical (unpaired) electrons. The van der Waals surface area contributed by atoms with Gasteiger partial charge in [0, 0.05) is 10.4 Å². The molecule has 2 aliphatic rings. The summed E-state index contributed by atoms with van der Waals surface area (Å²) in [6.07, 6.45) is 2.80. The van der Waals surface area contributed by atoms with Gasteiger partial charge in [0.15, 0.2) is 0 Å². The summed E-state index contributed by atoms with van der Waals surface area (Å²) in [5.74, 6) is 0.628. The van der Waals surface area contributed by atoms with Crippen molar-refractivity contribution in [3.63, 3.8) is 0 Å². The van der Waals surface area contributed by atoms with Crippen LogP contribution in [0.4, 0.5) is 5.00 Å². The second-order valence-corrected chi connectivity index (χ2v) is 10.1. The Bertz CT molecular complexity index is 885. The van der Waals surface area contributed by atoms with E-state index in [0.717, 1.165) is 35.4 Å². The number of thiophene rings is 1. The number of benzene rings is 1. The zero-order valence-electron chi connectivity index (χ0n) is 15.1. The lowest BCUT2D eigenvalue weighted by atomic mass is 9.72. The van der Waals surface area contributed by atoms with E-state index in [4.69, 9.17) is 23.2 Å². The maximum atomic E-state index is 12.9. The maximum Gasteiger partial charge on any atom is 0.256 e. The van der Waals surface area contributed by atoms with Crippen LogP contribution < -0.4 is 10.6 Å². The molecule has 4 rings (SSSR count). The molecule has 1 aromatic heterocycles. The van der Waals surface area contributed by atoms with Gasteiger partial charge < -0.3 is 10.6 Å². The number of nitrogens with one attached hydrogen (secondary N) is 2. The Morgan fingerprint density at radius 1 is 1.19 bits per heavy atom. The molecule has 1 aliphatic heterocycles. The van der Waals surface area contributed by atoms with Crippen LogP contribution in [0.25, 0.3) is 0 Å². The van der Waals surface area contributed by atoms with Crippen LogP contribution in [0.5, 0.6) is 0 Å². The van der Waals surface area contributed by atoms with E-state index in [-0.39, 0.29) is 17.5 Å². The molecule has 1 aromatic carbocycles. The molecule has 6 heteroatoms. The smallest absolute Gasteiger partial charge is 0.256 e. The van der Waals surface area contributed by atoms with Crippen molar-refractivity contribution in [3.05, 3.63) is 49.8 Å². The Kier molecular flexibility index (Phi) is 4.49. The molecule has 2 heterocycles. The molecule has 26 heavy (non-hydrogen) atoms. The van der Waals surface area contributed by atoms with Gasteiger partial charge in [0.25, 0.3) is 5.91 Å². The molecule has 2 aromatic rings. The van der Waals surface area contributed by atoms with E-state index in [2.05, 4.69) is 31.4 Å². The minimum absolute atomic E-state index is 0.0218. The van der Waals surface area contributed by atoms with Gasteiger partial charge in [-0.2, -0.15) is 0 Å². The summed E-state index contributed by atoms with van der Waals surface area (Å²) in [6.45, 7) is 6.91. The minimum Gasteiger partial charge on any atom is -0.353 e. The number of carbonyl (C=O) groups excluding carboxylic acids is 1. The van der Waals surface area contributed by atoms with Crippen LogP contribution in [0, 0.1) is 11.3 Å².